The molecule has 0 aliphatic carbocycles. The predicted octanol–water partition coefficient (Wildman–Crippen LogP) is 5.02. The molecule has 2 N–H and O–H groups in total. The first kappa shape index (κ1) is 24.5. The standard InChI is InChI=1S/C27H19F2N5O4/c1-14-23(15-3-5-16(28)6-4-15)26(35)25(34-33-14)27(36)31-17-7-9-20(18(29)13-17)38-21-11-12-30-19-8-10-22(37-2)32-24(19)21/h3-13H,1-2H3,(H,31,36)(H,33,35). The van der Waals surface area contributed by atoms with E-state index >= 15 is 0 Å². The molecule has 5 aromatic rings. The van der Waals surface area contributed by atoms with Gasteiger partial charge in [0.05, 0.1) is 18.2 Å². The molecule has 0 unspecified atom stereocenters. The number of aryl methyl sites for hydroxylation is 1. The fraction of sp³-hybridized carbons (Fsp3) is 0.0741. The Hall–Kier alpha value is -5.19. The lowest BCUT2D eigenvalue weighted by Crippen LogP contribution is -2.26. The fourth-order valence-corrected chi connectivity index (χ4v) is 3.80. The van der Waals surface area contributed by atoms with Crippen LogP contribution >= 0.6 is 0 Å². The SMILES string of the molecule is COc1ccc2nccc(Oc3ccc(NC(=O)c4n[nH]c(C)c(-c5ccc(F)cc5)c4=O)cc3F)c2n1. The van der Waals surface area contributed by atoms with Crippen LogP contribution in [0.5, 0.6) is 17.4 Å². The van der Waals surface area contributed by atoms with E-state index in [9.17, 15) is 18.4 Å². The lowest BCUT2D eigenvalue weighted by Gasteiger charge is -2.11. The molecule has 0 radical (unpaired) electrons. The van der Waals surface area contributed by atoms with Crippen LogP contribution in [-0.4, -0.2) is 33.2 Å². The molecule has 5 rings (SSSR count). The molecule has 1 amide bonds. The first-order chi connectivity index (χ1) is 18.3. The van der Waals surface area contributed by atoms with Crippen molar-refractivity contribution < 1.29 is 23.0 Å². The second kappa shape index (κ2) is 10.1. The van der Waals surface area contributed by atoms with Gasteiger partial charge in [-0.3, -0.25) is 19.7 Å². The Balaban J connectivity index is 1.39. The first-order valence-electron chi connectivity index (χ1n) is 11.3. The van der Waals surface area contributed by atoms with Crippen molar-refractivity contribution in [2.45, 2.75) is 6.92 Å². The molecule has 0 atom stereocenters. The largest absolute Gasteiger partial charge is 0.481 e. The molecule has 11 heteroatoms. The molecule has 3 aromatic heterocycles. The van der Waals surface area contributed by atoms with E-state index in [2.05, 4.69) is 25.5 Å². The quantitative estimate of drug-likeness (QED) is 0.326. The number of pyridine rings is 2. The highest BCUT2D eigenvalue weighted by atomic mass is 19.1. The number of anilines is 1. The number of hydrogen-bond acceptors (Lipinski definition) is 7. The monoisotopic (exact) mass is 515 g/mol. The topological polar surface area (TPSA) is 119 Å². The molecule has 190 valence electrons. The number of rotatable bonds is 6. The first-order valence-corrected chi connectivity index (χ1v) is 11.3. The van der Waals surface area contributed by atoms with Gasteiger partial charge in [0.15, 0.2) is 23.0 Å². The third-order valence-corrected chi connectivity index (χ3v) is 5.64. The number of ether oxygens (including phenoxy) is 2. The Morgan fingerprint density at radius 3 is 2.53 bits per heavy atom. The van der Waals surface area contributed by atoms with Gasteiger partial charge in [-0.1, -0.05) is 12.1 Å². The van der Waals surface area contributed by atoms with Crippen molar-refractivity contribution in [3.63, 3.8) is 0 Å². The van der Waals surface area contributed by atoms with E-state index in [-0.39, 0.29) is 22.7 Å². The number of hydrogen-bond donors (Lipinski definition) is 2. The van der Waals surface area contributed by atoms with Crippen molar-refractivity contribution in [1.82, 2.24) is 20.2 Å². The van der Waals surface area contributed by atoms with Crippen molar-refractivity contribution in [1.29, 1.82) is 0 Å². The van der Waals surface area contributed by atoms with Crippen LogP contribution in [0, 0.1) is 18.6 Å². The molecule has 0 aliphatic heterocycles. The molecule has 3 heterocycles. The van der Waals surface area contributed by atoms with E-state index < -0.39 is 28.7 Å². The molecule has 0 bridgehead atoms. The van der Waals surface area contributed by atoms with Crippen molar-refractivity contribution in [2.24, 2.45) is 0 Å². The van der Waals surface area contributed by atoms with Crippen LogP contribution in [0.2, 0.25) is 0 Å². The number of nitrogens with zero attached hydrogens (tertiary/aromatic N) is 3. The summed E-state index contributed by atoms with van der Waals surface area (Å²) in [5, 5.41) is 8.96. The lowest BCUT2D eigenvalue weighted by atomic mass is 10.0. The second-order valence-corrected chi connectivity index (χ2v) is 8.14. The van der Waals surface area contributed by atoms with Gasteiger partial charge in [0.1, 0.15) is 11.3 Å². The zero-order valence-electron chi connectivity index (χ0n) is 20.1. The molecule has 0 aliphatic rings. The second-order valence-electron chi connectivity index (χ2n) is 8.14. The van der Waals surface area contributed by atoms with Gasteiger partial charge in [-0.05, 0) is 42.8 Å². The maximum absolute atomic E-state index is 14.9. The van der Waals surface area contributed by atoms with Crippen LogP contribution < -0.4 is 20.2 Å². The van der Waals surface area contributed by atoms with Gasteiger partial charge in [-0.2, -0.15) is 5.10 Å². The number of methoxy groups -OCH3 is 1. The van der Waals surface area contributed by atoms with Gasteiger partial charge in [0.2, 0.25) is 11.3 Å². The molecule has 9 nitrogen and oxygen atoms in total. The summed E-state index contributed by atoms with van der Waals surface area (Å²) in [5.41, 5.74) is 0.900. The number of fused-ring (bicyclic) bond motifs is 1. The minimum absolute atomic E-state index is 0.0735. The summed E-state index contributed by atoms with van der Waals surface area (Å²) in [6.07, 6.45) is 1.50. The van der Waals surface area contributed by atoms with Crippen LogP contribution in [0.1, 0.15) is 16.2 Å². The average Bonchev–Trinajstić information content (AvgIpc) is 2.91. The molecule has 38 heavy (non-hydrogen) atoms. The van der Waals surface area contributed by atoms with Crippen LogP contribution in [0.15, 0.2) is 71.7 Å². The highest BCUT2D eigenvalue weighted by Gasteiger charge is 2.20. The van der Waals surface area contributed by atoms with E-state index in [1.807, 2.05) is 0 Å². The van der Waals surface area contributed by atoms with Gasteiger partial charge in [0.25, 0.3) is 5.91 Å². The molecular weight excluding hydrogens is 496 g/mol. The number of nitrogens with one attached hydrogen (secondary N) is 2. The summed E-state index contributed by atoms with van der Waals surface area (Å²) in [5.74, 6) is -1.60. The van der Waals surface area contributed by atoms with E-state index in [0.29, 0.717) is 28.2 Å². The smallest absolute Gasteiger partial charge is 0.280 e. The van der Waals surface area contributed by atoms with Crippen molar-refractivity contribution in [3.05, 3.63) is 100 Å². The van der Waals surface area contributed by atoms with E-state index in [4.69, 9.17) is 9.47 Å². The number of halogens is 2. The van der Waals surface area contributed by atoms with Crippen molar-refractivity contribution >= 4 is 22.6 Å². The Morgan fingerprint density at radius 1 is 1.00 bits per heavy atom. The van der Waals surface area contributed by atoms with Gasteiger partial charge in [-0.15, -0.1) is 0 Å². The Labute approximate surface area is 214 Å². The number of carbonyl (C=O) groups excluding carboxylic acids is 1. The van der Waals surface area contributed by atoms with Crippen LogP contribution in [0.25, 0.3) is 22.2 Å². The Morgan fingerprint density at radius 2 is 1.79 bits per heavy atom. The lowest BCUT2D eigenvalue weighted by molar-refractivity contribution is 0.102. The zero-order valence-corrected chi connectivity index (χ0v) is 20.1. The third-order valence-electron chi connectivity index (χ3n) is 5.64. The number of benzene rings is 2. The summed E-state index contributed by atoms with van der Waals surface area (Å²) in [7, 11) is 1.47. The molecule has 0 saturated carbocycles. The predicted molar refractivity (Wildman–Crippen MR) is 136 cm³/mol. The van der Waals surface area contributed by atoms with Gasteiger partial charge >= 0.3 is 0 Å². The van der Waals surface area contributed by atoms with Crippen LogP contribution in [0.4, 0.5) is 14.5 Å². The van der Waals surface area contributed by atoms with E-state index in [0.717, 1.165) is 6.07 Å². The van der Waals surface area contributed by atoms with Crippen molar-refractivity contribution in [2.75, 3.05) is 12.4 Å². The third kappa shape index (κ3) is 4.76. The number of aromatic nitrogens is 4. The molecular formula is C27H19F2N5O4. The molecule has 2 aromatic carbocycles. The normalized spacial score (nSPS) is 10.8. The summed E-state index contributed by atoms with van der Waals surface area (Å²) in [4.78, 5) is 34.4. The summed E-state index contributed by atoms with van der Waals surface area (Å²) < 4.78 is 39.1. The van der Waals surface area contributed by atoms with Crippen LogP contribution in [-0.2, 0) is 0 Å². The number of aromatic amines is 1. The van der Waals surface area contributed by atoms with Gasteiger partial charge < -0.3 is 14.8 Å². The number of carbonyl (C=O) groups is 1. The average molecular weight is 515 g/mol. The maximum Gasteiger partial charge on any atom is 0.280 e. The molecule has 0 saturated heterocycles. The van der Waals surface area contributed by atoms with Gasteiger partial charge in [-0.25, -0.2) is 13.8 Å². The Bertz CT molecular complexity index is 1740. The maximum atomic E-state index is 14.9. The summed E-state index contributed by atoms with van der Waals surface area (Å²) in [6.45, 7) is 1.61. The number of H-pyrrole nitrogens is 1. The zero-order chi connectivity index (χ0) is 26.8. The minimum atomic E-state index is -0.848. The molecule has 0 spiro atoms. The molecule has 0 fully saturated rings. The minimum Gasteiger partial charge on any atom is -0.481 e. The van der Waals surface area contributed by atoms with E-state index in [1.165, 1.54) is 55.8 Å². The fourth-order valence-electron chi connectivity index (χ4n) is 3.80. The summed E-state index contributed by atoms with van der Waals surface area (Å²) in [6, 6.07) is 14.0. The summed E-state index contributed by atoms with van der Waals surface area (Å²) >= 11 is 0. The van der Waals surface area contributed by atoms with E-state index in [1.54, 1.807) is 19.1 Å². The van der Waals surface area contributed by atoms with Crippen molar-refractivity contribution in [3.8, 4) is 28.5 Å². The highest BCUT2D eigenvalue weighted by Crippen LogP contribution is 2.31. The van der Waals surface area contributed by atoms with Crippen LogP contribution in [0.3, 0.4) is 0 Å². The highest BCUT2D eigenvalue weighted by molar-refractivity contribution is 6.03. The number of amides is 1. The van der Waals surface area contributed by atoms with Gasteiger partial charge in [0, 0.05) is 35.8 Å². The Kier molecular flexibility index (Phi) is 6.48.